The molecule has 1 aromatic carbocycles. The number of ketones is 1. The first-order valence-corrected chi connectivity index (χ1v) is 8.04. The first kappa shape index (κ1) is 15.5. The lowest BCUT2D eigenvalue weighted by molar-refractivity contribution is -0.147. The van der Waals surface area contributed by atoms with Crippen LogP contribution in [0.15, 0.2) is 36.4 Å². The maximum atomic E-state index is 12.7. The Morgan fingerprint density at radius 2 is 2.13 bits per heavy atom. The molecule has 3 rings (SSSR count). The molecule has 0 amide bonds. The predicted octanol–water partition coefficient (Wildman–Crippen LogP) is 3.95. The van der Waals surface area contributed by atoms with Crippen molar-refractivity contribution in [3.63, 3.8) is 0 Å². The second-order valence-electron chi connectivity index (χ2n) is 6.14. The number of carbonyl (C=O) groups excluding carboxylic acids is 2. The van der Waals surface area contributed by atoms with Gasteiger partial charge >= 0.3 is 5.97 Å². The van der Waals surface area contributed by atoms with E-state index in [1.54, 1.807) is 6.92 Å². The van der Waals surface area contributed by atoms with E-state index in [9.17, 15) is 9.59 Å². The van der Waals surface area contributed by atoms with Crippen LogP contribution >= 0.6 is 0 Å². The van der Waals surface area contributed by atoms with Crippen molar-refractivity contribution in [3.8, 4) is 0 Å². The van der Waals surface area contributed by atoms with E-state index in [0.717, 1.165) is 29.4 Å². The van der Waals surface area contributed by atoms with Crippen LogP contribution in [0.2, 0.25) is 0 Å². The van der Waals surface area contributed by atoms with E-state index < -0.39 is 6.10 Å². The van der Waals surface area contributed by atoms with Crippen LogP contribution in [-0.2, 0) is 9.53 Å². The molecule has 0 fully saturated rings. The molecule has 0 aliphatic heterocycles. The standard InChI is InChI=1S/C19H21NO3/c1-12-18(15-9-5-6-10-16(15)20-12)19(22)13(2)23-17(21)11-14-7-3-4-8-14/h3,5-7,9-10,13-14,20H,4,8,11H2,1-2H3/t13-,14+/m1/s1. The molecule has 0 unspecified atom stereocenters. The van der Waals surface area contributed by atoms with Crippen LogP contribution in [0.4, 0.5) is 0 Å². The van der Waals surface area contributed by atoms with E-state index in [4.69, 9.17) is 4.74 Å². The second kappa shape index (κ2) is 6.41. The minimum absolute atomic E-state index is 0.157. The number of para-hydroxylation sites is 1. The zero-order valence-electron chi connectivity index (χ0n) is 13.5. The number of benzene rings is 1. The quantitative estimate of drug-likeness (QED) is 0.517. The Morgan fingerprint density at radius 1 is 1.35 bits per heavy atom. The molecule has 1 N–H and O–H groups in total. The number of esters is 1. The van der Waals surface area contributed by atoms with E-state index >= 15 is 0 Å². The van der Waals surface area contributed by atoms with E-state index in [2.05, 4.69) is 17.1 Å². The minimum atomic E-state index is -0.772. The van der Waals surface area contributed by atoms with Crippen molar-refractivity contribution in [3.05, 3.63) is 47.7 Å². The van der Waals surface area contributed by atoms with Gasteiger partial charge in [0.15, 0.2) is 6.10 Å². The topological polar surface area (TPSA) is 59.2 Å². The molecule has 4 heteroatoms. The van der Waals surface area contributed by atoms with Crippen LogP contribution in [0, 0.1) is 12.8 Å². The number of nitrogens with one attached hydrogen (secondary N) is 1. The van der Waals surface area contributed by atoms with Crippen LogP contribution < -0.4 is 0 Å². The molecule has 0 saturated heterocycles. The van der Waals surface area contributed by atoms with Crippen LogP contribution in [0.1, 0.15) is 42.2 Å². The van der Waals surface area contributed by atoms with Gasteiger partial charge in [0.25, 0.3) is 0 Å². The van der Waals surface area contributed by atoms with Crippen molar-refractivity contribution in [2.24, 2.45) is 5.92 Å². The Balaban J connectivity index is 1.72. The zero-order chi connectivity index (χ0) is 16.4. The lowest BCUT2D eigenvalue weighted by Crippen LogP contribution is -2.25. The maximum absolute atomic E-state index is 12.7. The van der Waals surface area contributed by atoms with Crippen molar-refractivity contribution < 1.29 is 14.3 Å². The Kier molecular flexibility index (Phi) is 4.33. The molecule has 0 radical (unpaired) electrons. The predicted molar refractivity (Wildman–Crippen MR) is 89.4 cm³/mol. The highest BCUT2D eigenvalue weighted by atomic mass is 16.5. The summed E-state index contributed by atoms with van der Waals surface area (Å²) >= 11 is 0. The third-order valence-corrected chi connectivity index (χ3v) is 4.36. The third kappa shape index (κ3) is 3.21. The molecule has 1 aliphatic carbocycles. The summed E-state index contributed by atoms with van der Waals surface area (Å²) < 4.78 is 5.37. The average molecular weight is 311 g/mol. The van der Waals surface area contributed by atoms with Crippen molar-refractivity contribution in [2.75, 3.05) is 0 Å². The minimum Gasteiger partial charge on any atom is -0.454 e. The van der Waals surface area contributed by atoms with E-state index in [1.165, 1.54) is 0 Å². The first-order valence-electron chi connectivity index (χ1n) is 8.04. The number of aryl methyl sites for hydroxylation is 1. The SMILES string of the molecule is Cc1[nH]c2ccccc2c1C(=O)[C@@H](C)OC(=O)C[C@H]1C=CCC1. The molecule has 120 valence electrons. The molecule has 4 nitrogen and oxygen atoms in total. The van der Waals surface area contributed by atoms with Gasteiger partial charge in [-0.15, -0.1) is 0 Å². The molecule has 2 aromatic rings. The molecule has 2 atom stereocenters. The highest BCUT2D eigenvalue weighted by molar-refractivity contribution is 6.11. The van der Waals surface area contributed by atoms with Crippen LogP contribution in [-0.4, -0.2) is 22.8 Å². The van der Waals surface area contributed by atoms with Crippen LogP contribution in [0.3, 0.4) is 0 Å². The van der Waals surface area contributed by atoms with E-state index in [0.29, 0.717) is 12.0 Å². The number of Topliss-reactive ketones (excluding diaryl/α,β-unsaturated/α-hetero) is 1. The zero-order valence-corrected chi connectivity index (χ0v) is 13.5. The highest BCUT2D eigenvalue weighted by Gasteiger charge is 2.25. The molecule has 23 heavy (non-hydrogen) atoms. The number of carbonyl (C=O) groups is 2. The number of fused-ring (bicyclic) bond motifs is 1. The van der Waals surface area contributed by atoms with Crippen molar-refractivity contribution in [2.45, 2.75) is 39.2 Å². The van der Waals surface area contributed by atoms with Gasteiger partial charge in [0, 0.05) is 22.2 Å². The number of allylic oxidation sites excluding steroid dienone is 2. The highest BCUT2D eigenvalue weighted by Crippen LogP contribution is 2.25. The number of aromatic nitrogens is 1. The summed E-state index contributed by atoms with van der Waals surface area (Å²) in [5.41, 5.74) is 2.34. The van der Waals surface area contributed by atoms with Gasteiger partial charge in [-0.1, -0.05) is 30.4 Å². The Morgan fingerprint density at radius 3 is 2.87 bits per heavy atom. The number of H-pyrrole nitrogens is 1. The molecule has 0 saturated carbocycles. The van der Waals surface area contributed by atoms with E-state index in [1.807, 2.05) is 31.2 Å². The largest absolute Gasteiger partial charge is 0.454 e. The fourth-order valence-electron chi connectivity index (χ4n) is 3.18. The normalized spacial score (nSPS) is 18.3. The average Bonchev–Trinajstić information content (AvgIpc) is 3.12. The van der Waals surface area contributed by atoms with Gasteiger partial charge in [-0.3, -0.25) is 9.59 Å². The maximum Gasteiger partial charge on any atom is 0.307 e. The van der Waals surface area contributed by atoms with Crippen molar-refractivity contribution in [1.29, 1.82) is 0 Å². The summed E-state index contributed by atoms with van der Waals surface area (Å²) in [4.78, 5) is 27.9. The summed E-state index contributed by atoms with van der Waals surface area (Å²) in [6.07, 6.45) is 5.71. The van der Waals surface area contributed by atoms with Crippen molar-refractivity contribution >= 4 is 22.7 Å². The van der Waals surface area contributed by atoms with Gasteiger partial charge in [0.1, 0.15) is 0 Å². The first-order chi connectivity index (χ1) is 11.1. The van der Waals surface area contributed by atoms with Gasteiger partial charge in [-0.25, -0.2) is 0 Å². The lowest BCUT2D eigenvalue weighted by Gasteiger charge is -2.14. The molecular weight excluding hydrogens is 290 g/mol. The number of hydrogen-bond acceptors (Lipinski definition) is 3. The Hall–Kier alpha value is -2.36. The van der Waals surface area contributed by atoms with Gasteiger partial charge < -0.3 is 9.72 Å². The van der Waals surface area contributed by atoms with Crippen molar-refractivity contribution in [1.82, 2.24) is 4.98 Å². The number of hydrogen-bond donors (Lipinski definition) is 1. The fraction of sp³-hybridized carbons (Fsp3) is 0.368. The van der Waals surface area contributed by atoms with E-state index in [-0.39, 0.29) is 17.7 Å². The monoisotopic (exact) mass is 311 g/mol. The van der Waals surface area contributed by atoms with Gasteiger partial charge in [-0.05, 0) is 38.7 Å². The summed E-state index contributed by atoms with van der Waals surface area (Å²) in [7, 11) is 0. The molecule has 0 bridgehead atoms. The second-order valence-corrected chi connectivity index (χ2v) is 6.14. The number of aromatic amines is 1. The fourth-order valence-corrected chi connectivity index (χ4v) is 3.18. The van der Waals surface area contributed by atoms with Gasteiger partial charge in [0.2, 0.25) is 5.78 Å². The Bertz CT molecular complexity index is 772. The van der Waals surface area contributed by atoms with Gasteiger partial charge in [-0.2, -0.15) is 0 Å². The molecule has 1 aromatic heterocycles. The summed E-state index contributed by atoms with van der Waals surface area (Å²) in [5, 5.41) is 0.872. The molecule has 1 heterocycles. The summed E-state index contributed by atoms with van der Waals surface area (Å²) in [5.74, 6) is -0.213. The number of rotatable bonds is 5. The lowest BCUT2D eigenvalue weighted by atomic mass is 10.0. The smallest absolute Gasteiger partial charge is 0.307 e. The Labute approximate surface area is 135 Å². The van der Waals surface area contributed by atoms with Crippen LogP contribution in [0.5, 0.6) is 0 Å². The third-order valence-electron chi connectivity index (χ3n) is 4.36. The van der Waals surface area contributed by atoms with Gasteiger partial charge in [0.05, 0.1) is 6.42 Å². The molecular formula is C19H21NO3. The van der Waals surface area contributed by atoms with Crippen LogP contribution in [0.25, 0.3) is 10.9 Å². The summed E-state index contributed by atoms with van der Waals surface area (Å²) in [6, 6.07) is 7.66. The number of ether oxygens (including phenoxy) is 1. The molecule has 0 spiro atoms. The molecule has 1 aliphatic rings. The summed E-state index contributed by atoms with van der Waals surface area (Å²) in [6.45, 7) is 3.51.